The minimum Gasteiger partial charge on any atom is -0.299 e. The Morgan fingerprint density at radius 3 is 2.52 bits per heavy atom. The number of nitrogens with zero attached hydrogens (tertiary/aromatic N) is 1. The summed E-state index contributed by atoms with van der Waals surface area (Å²) < 4.78 is 0. The topological polar surface area (TPSA) is 58.4 Å². The summed E-state index contributed by atoms with van der Waals surface area (Å²) in [6, 6.07) is 8.17. The SMILES string of the molecule is CCC1(CC)CCN(Cc2ccccc2CC(=O)NN)C1. The average Bonchev–Trinajstić information content (AvgIpc) is 2.93. The number of hydrogen-bond donors (Lipinski definition) is 2. The molecule has 0 radical (unpaired) electrons. The van der Waals surface area contributed by atoms with Crippen LogP contribution in [0.3, 0.4) is 0 Å². The van der Waals surface area contributed by atoms with E-state index in [0.717, 1.165) is 25.2 Å². The van der Waals surface area contributed by atoms with Gasteiger partial charge >= 0.3 is 0 Å². The van der Waals surface area contributed by atoms with Gasteiger partial charge in [0.2, 0.25) is 5.91 Å². The van der Waals surface area contributed by atoms with Crippen molar-refractivity contribution >= 4 is 5.91 Å². The lowest BCUT2D eigenvalue weighted by molar-refractivity contribution is -0.120. The summed E-state index contributed by atoms with van der Waals surface area (Å²) in [6.45, 7) is 7.84. The molecule has 116 valence electrons. The molecule has 1 aromatic carbocycles. The number of benzene rings is 1. The van der Waals surface area contributed by atoms with Gasteiger partial charge in [0.05, 0.1) is 6.42 Å². The molecule has 1 aliphatic rings. The van der Waals surface area contributed by atoms with Crippen LogP contribution in [0.2, 0.25) is 0 Å². The summed E-state index contributed by atoms with van der Waals surface area (Å²) in [7, 11) is 0. The number of hydrogen-bond acceptors (Lipinski definition) is 3. The van der Waals surface area contributed by atoms with Gasteiger partial charge in [-0.1, -0.05) is 38.1 Å². The van der Waals surface area contributed by atoms with Gasteiger partial charge in [-0.2, -0.15) is 0 Å². The van der Waals surface area contributed by atoms with Crippen molar-refractivity contribution in [2.24, 2.45) is 11.3 Å². The van der Waals surface area contributed by atoms with E-state index in [2.05, 4.69) is 30.2 Å². The fourth-order valence-corrected chi connectivity index (χ4v) is 3.34. The number of carbonyl (C=O) groups excluding carboxylic acids is 1. The molecular formula is C17H27N3O. The lowest BCUT2D eigenvalue weighted by atomic mass is 9.82. The Balaban J connectivity index is 2.05. The summed E-state index contributed by atoms with van der Waals surface area (Å²) in [5.74, 6) is 5.06. The van der Waals surface area contributed by atoms with Gasteiger partial charge in [0.25, 0.3) is 0 Å². The molecule has 1 aliphatic heterocycles. The van der Waals surface area contributed by atoms with Crippen molar-refractivity contribution in [2.45, 2.75) is 46.1 Å². The molecule has 0 aromatic heterocycles. The van der Waals surface area contributed by atoms with Gasteiger partial charge in [0, 0.05) is 13.1 Å². The van der Waals surface area contributed by atoms with E-state index in [0.29, 0.717) is 11.8 Å². The Bertz CT molecular complexity index is 483. The summed E-state index contributed by atoms with van der Waals surface area (Å²) in [5.41, 5.74) is 5.02. The summed E-state index contributed by atoms with van der Waals surface area (Å²) in [4.78, 5) is 14.0. The monoisotopic (exact) mass is 289 g/mol. The van der Waals surface area contributed by atoms with Crippen molar-refractivity contribution in [1.29, 1.82) is 0 Å². The van der Waals surface area contributed by atoms with E-state index in [9.17, 15) is 4.79 Å². The highest BCUT2D eigenvalue weighted by molar-refractivity contribution is 5.78. The van der Waals surface area contributed by atoms with Crippen LogP contribution in [0.4, 0.5) is 0 Å². The van der Waals surface area contributed by atoms with Crippen LogP contribution in [0.25, 0.3) is 0 Å². The maximum atomic E-state index is 11.5. The van der Waals surface area contributed by atoms with Gasteiger partial charge in [-0.15, -0.1) is 0 Å². The molecule has 0 unspecified atom stereocenters. The number of amides is 1. The molecule has 1 fully saturated rings. The fraction of sp³-hybridized carbons (Fsp3) is 0.588. The zero-order chi connectivity index (χ0) is 15.3. The van der Waals surface area contributed by atoms with Gasteiger partial charge in [-0.3, -0.25) is 15.1 Å². The molecule has 1 aromatic rings. The predicted octanol–water partition coefficient (Wildman–Crippen LogP) is 2.23. The van der Waals surface area contributed by atoms with E-state index in [-0.39, 0.29) is 5.91 Å². The molecule has 1 heterocycles. The maximum Gasteiger partial charge on any atom is 0.238 e. The molecule has 0 atom stereocenters. The minimum atomic E-state index is -0.139. The van der Waals surface area contributed by atoms with Crippen molar-refractivity contribution < 1.29 is 4.79 Å². The largest absolute Gasteiger partial charge is 0.299 e. The molecule has 0 aliphatic carbocycles. The van der Waals surface area contributed by atoms with Crippen molar-refractivity contribution in [3.63, 3.8) is 0 Å². The Hall–Kier alpha value is -1.39. The molecule has 0 bridgehead atoms. The second kappa shape index (κ2) is 7.05. The normalized spacial score (nSPS) is 17.9. The second-order valence-electron chi connectivity index (χ2n) is 6.18. The molecule has 3 N–H and O–H groups in total. The van der Waals surface area contributed by atoms with E-state index in [1.54, 1.807) is 0 Å². The highest BCUT2D eigenvalue weighted by atomic mass is 16.2. The predicted molar refractivity (Wildman–Crippen MR) is 85.4 cm³/mol. The summed E-state index contributed by atoms with van der Waals surface area (Å²) >= 11 is 0. The van der Waals surface area contributed by atoms with E-state index in [4.69, 9.17) is 5.84 Å². The smallest absolute Gasteiger partial charge is 0.238 e. The maximum absolute atomic E-state index is 11.5. The number of hydrazine groups is 1. The standard InChI is InChI=1S/C17H27N3O/c1-3-17(4-2)9-10-20(13-17)12-15-8-6-5-7-14(15)11-16(21)19-18/h5-8H,3-4,9-13,18H2,1-2H3,(H,19,21). The highest BCUT2D eigenvalue weighted by Crippen LogP contribution is 2.37. The third-order valence-electron chi connectivity index (χ3n) is 5.04. The van der Waals surface area contributed by atoms with E-state index >= 15 is 0 Å². The zero-order valence-corrected chi connectivity index (χ0v) is 13.2. The number of nitrogens with two attached hydrogens (primary N) is 1. The molecule has 1 amide bonds. The molecule has 1 saturated heterocycles. The third-order valence-corrected chi connectivity index (χ3v) is 5.04. The first-order valence-corrected chi connectivity index (χ1v) is 7.91. The van der Waals surface area contributed by atoms with Crippen LogP contribution in [-0.4, -0.2) is 23.9 Å². The second-order valence-corrected chi connectivity index (χ2v) is 6.18. The van der Waals surface area contributed by atoms with Crippen LogP contribution in [0, 0.1) is 5.41 Å². The molecule has 4 heteroatoms. The van der Waals surface area contributed by atoms with Crippen molar-refractivity contribution in [3.05, 3.63) is 35.4 Å². The van der Waals surface area contributed by atoms with Crippen LogP contribution in [-0.2, 0) is 17.8 Å². The van der Waals surface area contributed by atoms with Crippen molar-refractivity contribution in [3.8, 4) is 0 Å². The van der Waals surface area contributed by atoms with Crippen molar-refractivity contribution in [2.75, 3.05) is 13.1 Å². The summed E-state index contributed by atoms with van der Waals surface area (Å²) in [6.07, 6.45) is 4.13. The van der Waals surface area contributed by atoms with Gasteiger partial charge in [0.1, 0.15) is 0 Å². The zero-order valence-electron chi connectivity index (χ0n) is 13.2. The number of nitrogens with one attached hydrogen (secondary N) is 1. The van der Waals surface area contributed by atoms with Gasteiger partial charge in [-0.05, 0) is 42.3 Å². The Labute approximate surface area is 127 Å². The molecule has 0 saturated carbocycles. The third kappa shape index (κ3) is 3.83. The molecular weight excluding hydrogens is 262 g/mol. The lowest BCUT2D eigenvalue weighted by Crippen LogP contribution is -2.32. The number of rotatable bonds is 6. The Kier molecular flexibility index (Phi) is 5.37. The van der Waals surface area contributed by atoms with Crippen LogP contribution in [0.1, 0.15) is 44.2 Å². The van der Waals surface area contributed by atoms with E-state index < -0.39 is 0 Å². The van der Waals surface area contributed by atoms with Gasteiger partial charge < -0.3 is 0 Å². The first kappa shape index (κ1) is 16.0. The van der Waals surface area contributed by atoms with E-state index in [1.165, 1.54) is 24.8 Å². The van der Waals surface area contributed by atoms with Gasteiger partial charge in [-0.25, -0.2) is 5.84 Å². The molecule has 0 spiro atoms. The quantitative estimate of drug-likeness (QED) is 0.480. The van der Waals surface area contributed by atoms with Crippen LogP contribution in [0.5, 0.6) is 0 Å². The van der Waals surface area contributed by atoms with Crippen LogP contribution < -0.4 is 11.3 Å². The number of carbonyl (C=O) groups is 1. The Morgan fingerprint density at radius 2 is 1.95 bits per heavy atom. The molecule has 21 heavy (non-hydrogen) atoms. The minimum absolute atomic E-state index is 0.139. The first-order chi connectivity index (χ1) is 10.1. The summed E-state index contributed by atoms with van der Waals surface area (Å²) in [5, 5.41) is 0. The van der Waals surface area contributed by atoms with Crippen molar-refractivity contribution in [1.82, 2.24) is 10.3 Å². The Morgan fingerprint density at radius 1 is 1.29 bits per heavy atom. The average molecular weight is 289 g/mol. The van der Waals surface area contributed by atoms with E-state index in [1.807, 2.05) is 18.2 Å². The first-order valence-electron chi connectivity index (χ1n) is 7.91. The van der Waals surface area contributed by atoms with Crippen LogP contribution >= 0.6 is 0 Å². The van der Waals surface area contributed by atoms with Crippen LogP contribution in [0.15, 0.2) is 24.3 Å². The molecule has 2 rings (SSSR count). The lowest BCUT2D eigenvalue weighted by Gasteiger charge is -2.26. The highest BCUT2D eigenvalue weighted by Gasteiger charge is 2.34. The van der Waals surface area contributed by atoms with Gasteiger partial charge in [0.15, 0.2) is 0 Å². The fourth-order valence-electron chi connectivity index (χ4n) is 3.34. The molecule has 4 nitrogen and oxygen atoms in total. The number of likely N-dealkylation sites (tertiary alicyclic amines) is 1.